The van der Waals surface area contributed by atoms with E-state index in [-0.39, 0.29) is 17.9 Å². The van der Waals surface area contributed by atoms with Gasteiger partial charge in [0, 0.05) is 22.0 Å². The van der Waals surface area contributed by atoms with Gasteiger partial charge in [-0.2, -0.15) is 0 Å². The molecule has 7 heteroatoms. The average molecular weight is 418 g/mol. The summed E-state index contributed by atoms with van der Waals surface area (Å²) in [6.07, 6.45) is 0. The van der Waals surface area contributed by atoms with Crippen molar-refractivity contribution >= 4 is 40.9 Å². The Bertz CT molecular complexity index is 870. The van der Waals surface area contributed by atoms with Crippen molar-refractivity contribution in [2.75, 3.05) is 30.7 Å². The number of nitrogens with one attached hydrogen (secondary N) is 2. The van der Waals surface area contributed by atoms with Gasteiger partial charge in [0.1, 0.15) is 0 Å². The Kier molecular flexibility index (Phi) is 6.99. The Morgan fingerprint density at radius 3 is 2.71 bits per heavy atom. The molecule has 148 valence electrons. The molecular formula is C21H24ClN3O2S. The summed E-state index contributed by atoms with van der Waals surface area (Å²) in [4.78, 5) is 27.6. The number of rotatable bonds is 7. The van der Waals surface area contributed by atoms with E-state index in [2.05, 4.69) is 29.4 Å². The zero-order valence-corrected chi connectivity index (χ0v) is 17.6. The number of benzene rings is 2. The largest absolute Gasteiger partial charge is 0.350 e. The van der Waals surface area contributed by atoms with Crippen LogP contribution in [0.3, 0.4) is 0 Å². The minimum Gasteiger partial charge on any atom is -0.350 e. The van der Waals surface area contributed by atoms with Crippen LogP contribution in [-0.2, 0) is 4.79 Å². The minimum absolute atomic E-state index is 0.0134. The van der Waals surface area contributed by atoms with E-state index in [0.29, 0.717) is 28.6 Å². The van der Waals surface area contributed by atoms with E-state index in [1.165, 1.54) is 11.8 Å². The van der Waals surface area contributed by atoms with Crippen LogP contribution in [0.4, 0.5) is 5.69 Å². The van der Waals surface area contributed by atoms with Crippen LogP contribution in [-0.4, -0.2) is 42.1 Å². The highest BCUT2D eigenvalue weighted by atomic mass is 35.5. The van der Waals surface area contributed by atoms with Crippen LogP contribution in [0.5, 0.6) is 0 Å². The maximum absolute atomic E-state index is 12.7. The van der Waals surface area contributed by atoms with E-state index < -0.39 is 0 Å². The first-order valence-electron chi connectivity index (χ1n) is 9.36. The molecule has 5 nitrogen and oxygen atoms in total. The summed E-state index contributed by atoms with van der Waals surface area (Å²) in [5.74, 6) is 0.189. The summed E-state index contributed by atoms with van der Waals surface area (Å²) in [6.45, 7) is 6.34. The van der Waals surface area contributed by atoms with E-state index in [1.807, 2.05) is 30.3 Å². The highest BCUT2D eigenvalue weighted by Gasteiger charge is 2.22. The second-order valence-electron chi connectivity index (χ2n) is 6.52. The Balaban J connectivity index is 1.76. The summed E-state index contributed by atoms with van der Waals surface area (Å²) in [6, 6.07) is 13.1. The molecular weight excluding hydrogens is 394 g/mol. The first-order valence-corrected chi connectivity index (χ1v) is 10.7. The van der Waals surface area contributed by atoms with Crippen LogP contribution >= 0.6 is 23.4 Å². The zero-order valence-electron chi connectivity index (χ0n) is 16.0. The van der Waals surface area contributed by atoms with Crippen LogP contribution in [0.2, 0.25) is 5.02 Å². The summed E-state index contributed by atoms with van der Waals surface area (Å²) in [5, 5.41) is 6.55. The molecule has 1 atom stereocenters. The van der Waals surface area contributed by atoms with Crippen molar-refractivity contribution in [3.05, 3.63) is 58.6 Å². The number of anilines is 1. The van der Waals surface area contributed by atoms with Crippen molar-refractivity contribution in [3.63, 3.8) is 0 Å². The molecule has 2 amide bonds. The molecule has 0 saturated carbocycles. The van der Waals surface area contributed by atoms with Gasteiger partial charge in [-0.3, -0.25) is 14.5 Å². The summed E-state index contributed by atoms with van der Waals surface area (Å²) in [7, 11) is 0. The SMILES string of the molecule is CCN(CC)[C@H](CNC(=O)c1ccc2c(c1)NC(=O)CS2)c1ccccc1Cl. The van der Waals surface area contributed by atoms with Gasteiger partial charge >= 0.3 is 0 Å². The standard InChI is InChI=1S/C21H24ClN3O2S/c1-3-25(4-2)18(15-7-5-6-8-16(15)22)12-23-21(27)14-9-10-19-17(11-14)24-20(26)13-28-19/h5-11,18H,3-4,12-13H2,1-2H3,(H,23,27)(H,24,26)/t18-/m1/s1. The Morgan fingerprint density at radius 2 is 2.00 bits per heavy atom. The van der Waals surface area contributed by atoms with Crippen molar-refractivity contribution in [1.29, 1.82) is 0 Å². The van der Waals surface area contributed by atoms with E-state index in [1.54, 1.807) is 12.1 Å². The molecule has 28 heavy (non-hydrogen) atoms. The number of amides is 2. The van der Waals surface area contributed by atoms with E-state index in [0.717, 1.165) is 23.5 Å². The first-order chi connectivity index (χ1) is 13.5. The fourth-order valence-corrected chi connectivity index (χ4v) is 4.41. The number of thioether (sulfide) groups is 1. The molecule has 0 fully saturated rings. The number of halogens is 1. The highest BCUT2D eigenvalue weighted by molar-refractivity contribution is 8.00. The van der Waals surface area contributed by atoms with Crippen LogP contribution in [0.15, 0.2) is 47.4 Å². The van der Waals surface area contributed by atoms with Gasteiger partial charge in [0.05, 0.1) is 17.5 Å². The topological polar surface area (TPSA) is 61.4 Å². The third kappa shape index (κ3) is 4.69. The molecule has 2 aromatic rings. The highest BCUT2D eigenvalue weighted by Crippen LogP contribution is 2.32. The summed E-state index contributed by atoms with van der Waals surface area (Å²) in [5.41, 5.74) is 2.22. The normalized spacial score (nSPS) is 14.4. The first kappa shape index (κ1) is 20.7. The second-order valence-corrected chi connectivity index (χ2v) is 7.94. The quantitative estimate of drug-likeness (QED) is 0.708. The van der Waals surface area contributed by atoms with Gasteiger partial charge in [0.15, 0.2) is 0 Å². The second kappa shape index (κ2) is 9.45. The molecule has 0 spiro atoms. The number of hydrogen-bond donors (Lipinski definition) is 2. The predicted molar refractivity (Wildman–Crippen MR) is 115 cm³/mol. The number of carbonyl (C=O) groups is 2. The molecule has 1 heterocycles. The monoisotopic (exact) mass is 417 g/mol. The van der Waals surface area contributed by atoms with Gasteiger partial charge in [-0.15, -0.1) is 11.8 Å². The molecule has 1 aliphatic heterocycles. The third-order valence-electron chi connectivity index (χ3n) is 4.85. The van der Waals surface area contributed by atoms with Crippen molar-refractivity contribution in [1.82, 2.24) is 10.2 Å². The van der Waals surface area contributed by atoms with E-state index in [4.69, 9.17) is 11.6 Å². The predicted octanol–water partition coefficient (Wildman–Crippen LogP) is 4.20. The maximum Gasteiger partial charge on any atom is 0.251 e. The van der Waals surface area contributed by atoms with E-state index in [9.17, 15) is 9.59 Å². The molecule has 0 unspecified atom stereocenters. The molecule has 0 aliphatic carbocycles. The van der Waals surface area contributed by atoms with Crippen LogP contribution < -0.4 is 10.6 Å². The van der Waals surface area contributed by atoms with Crippen molar-refractivity contribution < 1.29 is 9.59 Å². The third-order valence-corrected chi connectivity index (χ3v) is 6.27. The Hall–Kier alpha value is -2.02. The minimum atomic E-state index is -0.170. The molecule has 2 aromatic carbocycles. The lowest BCUT2D eigenvalue weighted by Crippen LogP contribution is -2.38. The van der Waals surface area contributed by atoms with Crippen LogP contribution in [0.1, 0.15) is 35.8 Å². The summed E-state index contributed by atoms with van der Waals surface area (Å²) < 4.78 is 0. The van der Waals surface area contributed by atoms with Crippen molar-refractivity contribution in [2.45, 2.75) is 24.8 Å². The van der Waals surface area contributed by atoms with Crippen molar-refractivity contribution in [3.8, 4) is 0 Å². The van der Waals surface area contributed by atoms with Gasteiger partial charge < -0.3 is 10.6 Å². The van der Waals surface area contributed by atoms with Gasteiger partial charge in [0.2, 0.25) is 5.91 Å². The fourth-order valence-electron chi connectivity index (χ4n) is 3.36. The zero-order chi connectivity index (χ0) is 20.1. The van der Waals surface area contributed by atoms with Gasteiger partial charge in [-0.1, -0.05) is 43.6 Å². The molecule has 0 bridgehead atoms. The lowest BCUT2D eigenvalue weighted by atomic mass is 10.0. The molecule has 1 aliphatic rings. The molecule has 0 saturated heterocycles. The van der Waals surface area contributed by atoms with Crippen LogP contribution in [0.25, 0.3) is 0 Å². The fraction of sp³-hybridized carbons (Fsp3) is 0.333. The Labute approximate surface area is 174 Å². The van der Waals surface area contributed by atoms with Gasteiger partial charge in [0.25, 0.3) is 5.91 Å². The number of fused-ring (bicyclic) bond motifs is 1. The number of hydrogen-bond acceptors (Lipinski definition) is 4. The molecule has 0 aromatic heterocycles. The molecule has 0 radical (unpaired) electrons. The smallest absolute Gasteiger partial charge is 0.251 e. The van der Waals surface area contributed by atoms with Gasteiger partial charge in [-0.05, 0) is 42.9 Å². The average Bonchev–Trinajstić information content (AvgIpc) is 2.71. The number of carbonyl (C=O) groups excluding carboxylic acids is 2. The van der Waals surface area contributed by atoms with Gasteiger partial charge in [-0.25, -0.2) is 0 Å². The maximum atomic E-state index is 12.7. The lowest BCUT2D eigenvalue weighted by molar-refractivity contribution is -0.113. The van der Waals surface area contributed by atoms with Crippen LogP contribution in [0, 0.1) is 0 Å². The number of likely N-dealkylation sites (N-methyl/N-ethyl adjacent to an activating group) is 1. The van der Waals surface area contributed by atoms with Crippen molar-refractivity contribution in [2.24, 2.45) is 0 Å². The van der Waals surface area contributed by atoms with E-state index >= 15 is 0 Å². The lowest BCUT2D eigenvalue weighted by Gasteiger charge is -2.31. The molecule has 2 N–H and O–H groups in total. The summed E-state index contributed by atoms with van der Waals surface area (Å²) >= 11 is 7.90. The molecule has 3 rings (SSSR count). The number of nitrogens with zero attached hydrogens (tertiary/aromatic N) is 1. The Morgan fingerprint density at radius 1 is 1.25 bits per heavy atom.